The van der Waals surface area contributed by atoms with Gasteiger partial charge in [-0.3, -0.25) is 4.90 Å². The van der Waals surface area contributed by atoms with Crippen LogP contribution in [-0.2, 0) is 6.18 Å². The summed E-state index contributed by atoms with van der Waals surface area (Å²) in [7, 11) is 2.04. The van der Waals surface area contributed by atoms with Crippen molar-refractivity contribution in [2.45, 2.75) is 32.0 Å². The number of benzene rings is 1. The number of aryl methyl sites for hydroxylation is 1. The number of nitrogens with zero attached hydrogens (tertiary/aromatic N) is 4. The van der Waals surface area contributed by atoms with Crippen molar-refractivity contribution in [3.05, 3.63) is 59.5 Å². The molecule has 2 aromatic heterocycles. The Morgan fingerprint density at radius 1 is 1.21 bits per heavy atom. The lowest BCUT2D eigenvalue weighted by Gasteiger charge is -2.40. The van der Waals surface area contributed by atoms with Crippen molar-refractivity contribution < 1.29 is 13.2 Å². The predicted octanol–water partition coefficient (Wildman–Crippen LogP) is 4.55. The molecule has 1 aliphatic rings. The highest BCUT2D eigenvalue weighted by molar-refractivity contribution is 5.67. The lowest BCUT2D eigenvalue weighted by Crippen LogP contribution is -2.39. The SMILES string of the molecule is Cc1cc2c(NCC3CCCN(C)C3c3ccc(C(F)(F)F)cc3)nccn2n1. The predicted molar refractivity (Wildman–Crippen MR) is 106 cm³/mol. The van der Waals surface area contributed by atoms with Gasteiger partial charge in [-0.05, 0) is 63.0 Å². The molecule has 29 heavy (non-hydrogen) atoms. The topological polar surface area (TPSA) is 45.5 Å². The maximum Gasteiger partial charge on any atom is 0.416 e. The highest BCUT2D eigenvalue weighted by Gasteiger charge is 2.33. The number of fused-ring (bicyclic) bond motifs is 1. The fraction of sp³-hybridized carbons (Fsp3) is 0.429. The monoisotopic (exact) mass is 403 g/mol. The second kappa shape index (κ2) is 7.67. The summed E-state index contributed by atoms with van der Waals surface area (Å²) in [4.78, 5) is 6.68. The number of piperidine rings is 1. The fourth-order valence-corrected chi connectivity index (χ4v) is 4.28. The van der Waals surface area contributed by atoms with Crippen LogP contribution in [0.3, 0.4) is 0 Å². The first-order valence-electron chi connectivity index (χ1n) is 9.75. The van der Waals surface area contributed by atoms with Crippen LogP contribution in [0.5, 0.6) is 0 Å². The Hall–Kier alpha value is -2.61. The van der Waals surface area contributed by atoms with Gasteiger partial charge in [0.1, 0.15) is 5.52 Å². The summed E-state index contributed by atoms with van der Waals surface area (Å²) < 4.78 is 40.6. The van der Waals surface area contributed by atoms with E-state index in [2.05, 4.69) is 20.3 Å². The first kappa shape index (κ1) is 19.7. The van der Waals surface area contributed by atoms with Crippen LogP contribution >= 0.6 is 0 Å². The molecule has 154 valence electrons. The summed E-state index contributed by atoms with van der Waals surface area (Å²) in [5.41, 5.74) is 2.14. The lowest BCUT2D eigenvalue weighted by atomic mass is 9.84. The minimum absolute atomic E-state index is 0.0601. The van der Waals surface area contributed by atoms with Gasteiger partial charge in [-0.15, -0.1) is 0 Å². The molecule has 0 radical (unpaired) electrons. The Balaban J connectivity index is 1.55. The van der Waals surface area contributed by atoms with E-state index in [9.17, 15) is 13.2 Å². The van der Waals surface area contributed by atoms with Crippen LogP contribution in [0.25, 0.3) is 5.52 Å². The Kier molecular flexibility index (Phi) is 5.21. The van der Waals surface area contributed by atoms with Crippen LogP contribution in [0.15, 0.2) is 42.7 Å². The number of aromatic nitrogens is 3. The standard InChI is InChI=1S/C21H24F3N5/c1-14-12-18-20(25-9-11-29(18)27-14)26-13-16-4-3-10-28(2)19(16)15-5-7-17(8-6-15)21(22,23)24/h5-9,11-12,16,19H,3-4,10,13H2,1-2H3,(H,25,26). The molecule has 0 spiro atoms. The van der Waals surface area contributed by atoms with E-state index in [4.69, 9.17) is 0 Å². The molecule has 1 aromatic carbocycles. The number of alkyl halides is 3. The molecule has 4 rings (SSSR count). The fourth-order valence-electron chi connectivity index (χ4n) is 4.28. The molecule has 2 unspecified atom stereocenters. The van der Waals surface area contributed by atoms with Gasteiger partial charge >= 0.3 is 6.18 Å². The van der Waals surface area contributed by atoms with E-state index in [1.165, 1.54) is 12.1 Å². The van der Waals surface area contributed by atoms with Crippen molar-refractivity contribution in [1.29, 1.82) is 0 Å². The van der Waals surface area contributed by atoms with Gasteiger partial charge < -0.3 is 5.32 Å². The van der Waals surface area contributed by atoms with E-state index in [0.717, 1.165) is 42.0 Å². The Morgan fingerprint density at radius 2 is 1.97 bits per heavy atom. The van der Waals surface area contributed by atoms with Gasteiger partial charge in [0, 0.05) is 25.0 Å². The van der Waals surface area contributed by atoms with Gasteiger partial charge in [-0.2, -0.15) is 18.3 Å². The number of anilines is 1. The summed E-state index contributed by atoms with van der Waals surface area (Å²) in [6, 6.07) is 7.63. The summed E-state index contributed by atoms with van der Waals surface area (Å²) in [5, 5.41) is 7.86. The molecule has 5 nitrogen and oxygen atoms in total. The van der Waals surface area contributed by atoms with Crippen LogP contribution in [0.4, 0.5) is 19.0 Å². The molecule has 1 N–H and O–H groups in total. The third-order valence-corrected chi connectivity index (χ3v) is 5.63. The van der Waals surface area contributed by atoms with Crippen molar-refractivity contribution in [1.82, 2.24) is 19.5 Å². The number of hydrogen-bond donors (Lipinski definition) is 1. The van der Waals surface area contributed by atoms with Gasteiger partial charge in [0.15, 0.2) is 5.82 Å². The van der Waals surface area contributed by atoms with Crippen LogP contribution < -0.4 is 5.32 Å². The summed E-state index contributed by atoms with van der Waals surface area (Å²) in [5.74, 6) is 1.03. The third kappa shape index (κ3) is 4.07. The smallest absolute Gasteiger partial charge is 0.368 e. The summed E-state index contributed by atoms with van der Waals surface area (Å²) >= 11 is 0. The molecular formula is C21H24F3N5. The van der Waals surface area contributed by atoms with Crippen LogP contribution in [0.1, 0.15) is 35.7 Å². The molecule has 3 aromatic rings. The first-order valence-corrected chi connectivity index (χ1v) is 9.75. The number of likely N-dealkylation sites (tertiary alicyclic amines) is 1. The van der Waals surface area contributed by atoms with Gasteiger partial charge in [-0.25, -0.2) is 9.50 Å². The van der Waals surface area contributed by atoms with E-state index in [1.807, 2.05) is 26.2 Å². The largest absolute Gasteiger partial charge is 0.416 e. The normalized spacial score (nSPS) is 20.9. The molecule has 0 aliphatic carbocycles. The lowest BCUT2D eigenvalue weighted by molar-refractivity contribution is -0.137. The number of halogens is 3. The average molecular weight is 403 g/mol. The van der Waals surface area contributed by atoms with E-state index >= 15 is 0 Å². The molecule has 0 saturated carbocycles. The van der Waals surface area contributed by atoms with Crippen LogP contribution in [0, 0.1) is 12.8 Å². The quantitative estimate of drug-likeness (QED) is 0.694. The van der Waals surface area contributed by atoms with Crippen LogP contribution in [0.2, 0.25) is 0 Å². The molecular weight excluding hydrogens is 379 g/mol. The van der Waals surface area contributed by atoms with E-state index in [0.29, 0.717) is 6.54 Å². The molecule has 1 fully saturated rings. The molecule has 1 aliphatic heterocycles. The first-order chi connectivity index (χ1) is 13.8. The van der Waals surface area contributed by atoms with Gasteiger partial charge in [0.2, 0.25) is 0 Å². The second-order valence-corrected chi connectivity index (χ2v) is 7.72. The minimum atomic E-state index is -4.31. The van der Waals surface area contributed by atoms with Crippen molar-refractivity contribution in [2.75, 3.05) is 25.5 Å². The molecule has 2 atom stereocenters. The Labute approximate surface area is 167 Å². The maximum absolute atomic E-state index is 12.9. The average Bonchev–Trinajstić information content (AvgIpc) is 3.06. The van der Waals surface area contributed by atoms with Crippen molar-refractivity contribution in [3.63, 3.8) is 0 Å². The third-order valence-electron chi connectivity index (χ3n) is 5.63. The molecule has 0 amide bonds. The highest BCUT2D eigenvalue weighted by Crippen LogP contribution is 2.37. The zero-order chi connectivity index (χ0) is 20.6. The summed E-state index contributed by atoms with van der Waals surface area (Å²) in [6.45, 7) is 3.55. The summed E-state index contributed by atoms with van der Waals surface area (Å²) in [6.07, 6.45) is 1.27. The van der Waals surface area contributed by atoms with E-state index in [-0.39, 0.29) is 12.0 Å². The Bertz CT molecular complexity index is 980. The van der Waals surface area contributed by atoms with Gasteiger partial charge in [0.25, 0.3) is 0 Å². The molecule has 8 heteroatoms. The molecule has 0 bridgehead atoms. The molecule has 1 saturated heterocycles. The van der Waals surface area contributed by atoms with Crippen molar-refractivity contribution in [3.8, 4) is 0 Å². The van der Waals surface area contributed by atoms with Crippen molar-refractivity contribution in [2.24, 2.45) is 5.92 Å². The maximum atomic E-state index is 12.9. The van der Waals surface area contributed by atoms with Crippen LogP contribution in [-0.4, -0.2) is 39.6 Å². The van der Waals surface area contributed by atoms with Gasteiger partial charge in [0.05, 0.1) is 11.3 Å². The minimum Gasteiger partial charge on any atom is -0.368 e. The number of rotatable bonds is 4. The molecule has 3 heterocycles. The van der Waals surface area contributed by atoms with Gasteiger partial charge in [-0.1, -0.05) is 12.1 Å². The highest BCUT2D eigenvalue weighted by atomic mass is 19.4. The zero-order valence-corrected chi connectivity index (χ0v) is 16.4. The number of nitrogens with one attached hydrogen (secondary N) is 1. The van der Waals surface area contributed by atoms with Crippen molar-refractivity contribution >= 4 is 11.3 Å². The Morgan fingerprint density at radius 3 is 2.69 bits per heavy atom. The number of hydrogen-bond acceptors (Lipinski definition) is 4. The zero-order valence-electron chi connectivity index (χ0n) is 16.4. The van der Waals surface area contributed by atoms with E-state index < -0.39 is 11.7 Å². The second-order valence-electron chi connectivity index (χ2n) is 7.72. The van der Waals surface area contributed by atoms with E-state index in [1.54, 1.807) is 22.8 Å².